The van der Waals surface area contributed by atoms with Crippen molar-refractivity contribution >= 4 is 9.84 Å². The molecule has 2 N–H and O–H groups in total. The zero-order valence-electron chi connectivity index (χ0n) is 11.1. The minimum absolute atomic E-state index is 0.315. The molecule has 4 nitrogen and oxygen atoms in total. The summed E-state index contributed by atoms with van der Waals surface area (Å²) in [5.74, 6) is 0. The largest absolute Gasteiger partial charge is 0.387 e. The van der Waals surface area contributed by atoms with Gasteiger partial charge in [-0.05, 0) is 19.4 Å². The minimum Gasteiger partial charge on any atom is -0.387 e. The number of sulfone groups is 1. The molecule has 1 atom stereocenters. The lowest BCUT2D eigenvalue weighted by Gasteiger charge is -2.23. The predicted octanol–water partition coefficient (Wildman–Crippen LogP) is 1.13. The summed E-state index contributed by atoms with van der Waals surface area (Å²) in [7, 11) is -3.11. The fourth-order valence-corrected chi connectivity index (χ4v) is 1.80. The van der Waals surface area contributed by atoms with Gasteiger partial charge in [-0.25, -0.2) is 8.42 Å². The summed E-state index contributed by atoms with van der Waals surface area (Å²) in [6.45, 7) is 3.99. The van der Waals surface area contributed by atoms with Gasteiger partial charge in [0.2, 0.25) is 0 Å². The molecule has 0 aromatic heterocycles. The molecular weight excluding hydrogens is 250 g/mol. The monoisotopic (exact) mass is 271 g/mol. The molecule has 0 saturated carbocycles. The van der Waals surface area contributed by atoms with Gasteiger partial charge in [-0.1, -0.05) is 30.3 Å². The molecule has 1 rings (SSSR count). The van der Waals surface area contributed by atoms with E-state index in [9.17, 15) is 13.5 Å². The van der Waals surface area contributed by atoms with Gasteiger partial charge in [-0.2, -0.15) is 0 Å². The van der Waals surface area contributed by atoms with E-state index in [-0.39, 0.29) is 0 Å². The second kappa shape index (κ2) is 5.82. The zero-order valence-corrected chi connectivity index (χ0v) is 11.9. The van der Waals surface area contributed by atoms with Crippen molar-refractivity contribution in [3.05, 3.63) is 35.9 Å². The maximum absolute atomic E-state index is 11.5. The zero-order chi connectivity index (χ0) is 13.8. The van der Waals surface area contributed by atoms with Crippen molar-refractivity contribution in [2.45, 2.75) is 24.7 Å². The molecule has 1 aromatic rings. The Balaban J connectivity index is 2.48. The van der Waals surface area contributed by atoms with E-state index >= 15 is 0 Å². The first-order valence-electron chi connectivity index (χ1n) is 5.87. The lowest BCUT2D eigenvalue weighted by molar-refractivity contribution is 0.174. The van der Waals surface area contributed by atoms with Gasteiger partial charge in [0.25, 0.3) is 0 Å². The molecule has 0 spiro atoms. The van der Waals surface area contributed by atoms with Crippen molar-refractivity contribution in [1.82, 2.24) is 5.32 Å². The summed E-state index contributed by atoms with van der Waals surface area (Å²) in [5.41, 5.74) is 0.821. The molecule has 0 bridgehead atoms. The lowest BCUT2D eigenvalue weighted by atomic mass is 10.1. The van der Waals surface area contributed by atoms with Crippen LogP contribution in [0.2, 0.25) is 0 Å². The smallest absolute Gasteiger partial charge is 0.153 e. The average molecular weight is 271 g/mol. The van der Waals surface area contributed by atoms with Crippen molar-refractivity contribution < 1.29 is 13.5 Å². The third kappa shape index (κ3) is 4.08. The van der Waals surface area contributed by atoms with E-state index in [0.717, 1.165) is 5.56 Å². The molecule has 0 heterocycles. The van der Waals surface area contributed by atoms with Gasteiger partial charge < -0.3 is 10.4 Å². The van der Waals surface area contributed by atoms with E-state index in [0.29, 0.717) is 13.1 Å². The summed E-state index contributed by atoms with van der Waals surface area (Å²) < 4.78 is 22.2. The van der Waals surface area contributed by atoms with Gasteiger partial charge >= 0.3 is 0 Å². The normalized spacial score (nSPS) is 14.4. The summed E-state index contributed by atoms with van der Waals surface area (Å²) >= 11 is 0. The second-order valence-corrected chi connectivity index (χ2v) is 7.74. The van der Waals surface area contributed by atoms with Crippen LogP contribution in [0.4, 0.5) is 0 Å². The molecule has 1 unspecified atom stereocenters. The van der Waals surface area contributed by atoms with Gasteiger partial charge in [0.15, 0.2) is 9.84 Å². The standard InChI is InChI=1S/C13H21NO3S/c1-13(2,18(3,16)17)10-14-9-12(15)11-7-5-4-6-8-11/h4-8,12,14-15H,9-10H2,1-3H3. The van der Waals surface area contributed by atoms with E-state index in [1.807, 2.05) is 30.3 Å². The lowest BCUT2D eigenvalue weighted by Crippen LogP contribution is -2.42. The Morgan fingerprint density at radius 2 is 1.83 bits per heavy atom. The predicted molar refractivity (Wildman–Crippen MR) is 73.2 cm³/mol. The first-order valence-corrected chi connectivity index (χ1v) is 7.76. The van der Waals surface area contributed by atoms with Crippen LogP contribution in [-0.2, 0) is 9.84 Å². The summed E-state index contributed by atoms with van der Waals surface area (Å²) in [5, 5.41) is 12.9. The molecule has 0 saturated heterocycles. The molecule has 5 heteroatoms. The molecule has 0 amide bonds. The molecule has 18 heavy (non-hydrogen) atoms. The first kappa shape index (κ1) is 15.1. The Labute approximate surface area is 109 Å². The number of aliphatic hydroxyl groups excluding tert-OH is 1. The Morgan fingerprint density at radius 1 is 1.28 bits per heavy atom. The van der Waals surface area contributed by atoms with Crippen LogP contribution in [0.5, 0.6) is 0 Å². The Bertz CT molecular complexity index is 468. The van der Waals surface area contributed by atoms with Gasteiger partial charge in [-0.3, -0.25) is 0 Å². The molecule has 1 aromatic carbocycles. The quantitative estimate of drug-likeness (QED) is 0.814. The summed E-state index contributed by atoms with van der Waals surface area (Å²) in [4.78, 5) is 0. The van der Waals surface area contributed by atoms with Crippen molar-refractivity contribution in [3.63, 3.8) is 0 Å². The Morgan fingerprint density at radius 3 is 2.33 bits per heavy atom. The Hall–Kier alpha value is -0.910. The maximum Gasteiger partial charge on any atom is 0.153 e. The molecule has 0 fully saturated rings. The highest BCUT2D eigenvalue weighted by molar-refractivity contribution is 7.92. The van der Waals surface area contributed by atoms with E-state index in [1.165, 1.54) is 6.26 Å². The third-order valence-corrected chi connectivity index (χ3v) is 5.23. The van der Waals surface area contributed by atoms with Gasteiger partial charge in [0.1, 0.15) is 0 Å². The number of hydrogen-bond donors (Lipinski definition) is 2. The number of aliphatic hydroxyl groups is 1. The second-order valence-electron chi connectivity index (χ2n) is 5.09. The maximum atomic E-state index is 11.5. The van der Waals surface area contributed by atoms with Crippen LogP contribution in [0.1, 0.15) is 25.5 Å². The van der Waals surface area contributed by atoms with Crippen LogP contribution >= 0.6 is 0 Å². The highest BCUT2D eigenvalue weighted by Crippen LogP contribution is 2.15. The summed E-state index contributed by atoms with van der Waals surface area (Å²) in [6.07, 6.45) is 0.601. The van der Waals surface area contributed by atoms with E-state index in [2.05, 4.69) is 5.32 Å². The van der Waals surface area contributed by atoms with Crippen LogP contribution in [0.25, 0.3) is 0 Å². The molecular formula is C13H21NO3S. The van der Waals surface area contributed by atoms with Gasteiger partial charge in [0, 0.05) is 19.3 Å². The SMILES string of the molecule is CC(C)(CNCC(O)c1ccccc1)S(C)(=O)=O. The molecule has 0 aliphatic rings. The topological polar surface area (TPSA) is 66.4 Å². The summed E-state index contributed by atoms with van der Waals surface area (Å²) in [6, 6.07) is 9.29. The fraction of sp³-hybridized carbons (Fsp3) is 0.538. The van der Waals surface area contributed by atoms with Gasteiger partial charge in [0.05, 0.1) is 10.9 Å². The van der Waals surface area contributed by atoms with Crippen LogP contribution < -0.4 is 5.32 Å². The first-order chi connectivity index (χ1) is 8.24. The van der Waals surface area contributed by atoms with Crippen LogP contribution in [0.3, 0.4) is 0 Å². The number of benzene rings is 1. The molecule has 102 valence electrons. The number of hydrogen-bond acceptors (Lipinski definition) is 4. The fourth-order valence-electron chi connectivity index (χ4n) is 1.43. The number of rotatable bonds is 6. The van der Waals surface area contributed by atoms with Crippen molar-refractivity contribution in [3.8, 4) is 0 Å². The highest BCUT2D eigenvalue weighted by atomic mass is 32.2. The van der Waals surface area contributed by atoms with E-state index in [4.69, 9.17) is 0 Å². The molecule has 0 radical (unpaired) electrons. The van der Waals surface area contributed by atoms with E-state index in [1.54, 1.807) is 13.8 Å². The average Bonchev–Trinajstić information content (AvgIpc) is 2.28. The third-order valence-electron chi connectivity index (χ3n) is 3.08. The van der Waals surface area contributed by atoms with Gasteiger partial charge in [-0.15, -0.1) is 0 Å². The van der Waals surface area contributed by atoms with Crippen molar-refractivity contribution in [1.29, 1.82) is 0 Å². The van der Waals surface area contributed by atoms with Crippen molar-refractivity contribution in [2.75, 3.05) is 19.3 Å². The van der Waals surface area contributed by atoms with Crippen LogP contribution in [0.15, 0.2) is 30.3 Å². The van der Waals surface area contributed by atoms with E-state index < -0.39 is 20.7 Å². The minimum atomic E-state index is -3.11. The molecule has 0 aliphatic heterocycles. The number of nitrogens with one attached hydrogen (secondary N) is 1. The van der Waals surface area contributed by atoms with Crippen LogP contribution in [0, 0.1) is 0 Å². The van der Waals surface area contributed by atoms with Crippen molar-refractivity contribution in [2.24, 2.45) is 0 Å². The molecule has 0 aliphatic carbocycles. The highest BCUT2D eigenvalue weighted by Gasteiger charge is 2.29. The Kier molecular flexibility index (Phi) is 4.90. The van der Waals surface area contributed by atoms with Crippen LogP contribution in [-0.4, -0.2) is 37.6 Å².